The maximum Gasteiger partial charge on any atom is 0.410 e. The average Bonchev–Trinajstić information content (AvgIpc) is 2.45. The highest BCUT2D eigenvalue weighted by Crippen LogP contribution is 2.32. The molecular weight excluding hydrogens is 314 g/mol. The summed E-state index contributed by atoms with van der Waals surface area (Å²) < 4.78 is 28.6. The van der Waals surface area contributed by atoms with Gasteiger partial charge in [0.15, 0.2) is 9.84 Å². The van der Waals surface area contributed by atoms with Crippen molar-refractivity contribution in [3.05, 3.63) is 29.8 Å². The van der Waals surface area contributed by atoms with E-state index in [1.165, 1.54) is 6.26 Å². The maximum atomic E-state index is 12.4. The monoisotopic (exact) mass is 339 g/mol. The zero-order valence-corrected chi connectivity index (χ0v) is 15.0. The van der Waals surface area contributed by atoms with E-state index < -0.39 is 15.4 Å². The molecule has 1 fully saturated rings. The van der Waals surface area contributed by atoms with Crippen LogP contribution in [0.15, 0.2) is 29.2 Å². The van der Waals surface area contributed by atoms with Crippen LogP contribution in [-0.2, 0) is 14.6 Å². The SMILES string of the molecule is CC(C)(C)OC(=O)N1CCCCC1c1ccc(S(C)(=O)=O)cc1. The Hall–Kier alpha value is -1.56. The molecule has 0 bridgehead atoms. The standard InChI is InChI=1S/C17H25NO4S/c1-17(2,3)22-16(19)18-12-6-5-7-15(18)13-8-10-14(11-9-13)23(4,20)21/h8-11,15H,5-7,12H2,1-4H3. The summed E-state index contributed by atoms with van der Waals surface area (Å²) in [6.07, 6.45) is 3.73. The van der Waals surface area contributed by atoms with Crippen LogP contribution in [0, 0.1) is 0 Å². The van der Waals surface area contributed by atoms with E-state index in [0.717, 1.165) is 24.8 Å². The van der Waals surface area contributed by atoms with Crippen molar-refractivity contribution in [1.29, 1.82) is 0 Å². The minimum Gasteiger partial charge on any atom is -0.444 e. The molecule has 0 radical (unpaired) electrons. The number of nitrogens with zero attached hydrogens (tertiary/aromatic N) is 1. The Labute approximate surface area is 138 Å². The topological polar surface area (TPSA) is 63.7 Å². The fourth-order valence-corrected chi connectivity index (χ4v) is 3.38. The van der Waals surface area contributed by atoms with E-state index >= 15 is 0 Å². The molecule has 0 aliphatic carbocycles. The molecule has 0 aromatic heterocycles. The summed E-state index contributed by atoms with van der Waals surface area (Å²) in [6.45, 7) is 6.22. The summed E-state index contributed by atoms with van der Waals surface area (Å²) in [6, 6.07) is 6.74. The van der Waals surface area contributed by atoms with Gasteiger partial charge in [-0.1, -0.05) is 12.1 Å². The zero-order chi connectivity index (χ0) is 17.3. The lowest BCUT2D eigenvalue weighted by molar-refractivity contribution is 0.00950. The minimum absolute atomic E-state index is 0.0628. The molecule has 23 heavy (non-hydrogen) atoms. The molecule has 5 nitrogen and oxygen atoms in total. The predicted octanol–water partition coefficient (Wildman–Crippen LogP) is 3.55. The molecule has 1 aromatic rings. The largest absolute Gasteiger partial charge is 0.444 e. The Morgan fingerprint density at radius 1 is 1.17 bits per heavy atom. The van der Waals surface area contributed by atoms with Crippen LogP contribution in [-0.4, -0.2) is 37.8 Å². The van der Waals surface area contributed by atoms with E-state index in [2.05, 4.69) is 0 Å². The Bertz CT molecular complexity index is 659. The summed E-state index contributed by atoms with van der Waals surface area (Å²) in [5.74, 6) is 0. The molecule has 1 aromatic carbocycles. The van der Waals surface area contributed by atoms with Gasteiger partial charge in [0.1, 0.15) is 5.60 Å². The number of likely N-dealkylation sites (tertiary alicyclic amines) is 1. The fourth-order valence-electron chi connectivity index (χ4n) is 2.75. The van der Waals surface area contributed by atoms with Gasteiger partial charge in [0.25, 0.3) is 0 Å². The number of hydrogen-bond acceptors (Lipinski definition) is 4. The van der Waals surface area contributed by atoms with Crippen molar-refractivity contribution in [3.8, 4) is 0 Å². The van der Waals surface area contributed by atoms with Gasteiger partial charge < -0.3 is 9.64 Å². The van der Waals surface area contributed by atoms with Gasteiger partial charge in [-0.25, -0.2) is 13.2 Å². The van der Waals surface area contributed by atoms with Gasteiger partial charge in [0.05, 0.1) is 10.9 Å². The first-order valence-corrected chi connectivity index (χ1v) is 9.77. The van der Waals surface area contributed by atoms with Crippen molar-refractivity contribution in [2.24, 2.45) is 0 Å². The summed E-state index contributed by atoms with van der Waals surface area (Å²) >= 11 is 0. The zero-order valence-electron chi connectivity index (χ0n) is 14.2. The van der Waals surface area contributed by atoms with Crippen LogP contribution < -0.4 is 0 Å². The smallest absolute Gasteiger partial charge is 0.410 e. The third kappa shape index (κ3) is 4.70. The van der Waals surface area contributed by atoms with E-state index in [1.54, 1.807) is 29.2 Å². The molecule has 1 saturated heterocycles. The van der Waals surface area contributed by atoms with Crippen LogP contribution in [0.2, 0.25) is 0 Å². The lowest BCUT2D eigenvalue weighted by Crippen LogP contribution is -2.41. The van der Waals surface area contributed by atoms with Gasteiger partial charge in [-0.15, -0.1) is 0 Å². The molecule has 0 N–H and O–H groups in total. The number of piperidine rings is 1. The Morgan fingerprint density at radius 2 is 1.78 bits per heavy atom. The summed E-state index contributed by atoms with van der Waals surface area (Å²) in [7, 11) is -3.21. The van der Waals surface area contributed by atoms with Gasteiger partial charge in [-0.2, -0.15) is 0 Å². The van der Waals surface area contributed by atoms with Gasteiger partial charge in [-0.3, -0.25) is 0 Å². The van der Waals surface area contributed by atoms with E-state index in [9.17, 15) is 13.2 Å². The number of hydrogen-bond donors (Lipinski definition) is 0. The van der Waals surface area contributed by atoms with E-state index in [0.29, 0.717) is 11.4 Å². The quantitative estimate of drug-likeness (QED) is 0.826. The highest BCUT2D eigenvalue weighted by Gasteiger charge is 2.31. The number of benzene rings is 1. The van der Waals surface area contributed by atoms with Crippen LogP contribution in [0.4, 0.5) is 4.79 Å². The molecule has 1 atom stereocenters. The lowest BCUT2D eigenvalue weighted by atomic mass is 9.96. The lowest BCUT2D eigenvalue weighted by Gasteiger charge is -2.37. The van der Waals surface area contributed by atoms with E-state index in [4.69, 9.17) is 4.74 Å². The van der Waals surface area contributed by atoms with Crippen molar-refractivity contribution >= 4 is 15.9 Å². The highest BCUT2D eigenvalue weighted by atomic mass is 32.2. The van der Waals surface area contributed by atoms with Crippen molar-refractivity contribution < 1.29 is 17.9 Å². The summed E-state index contributed by atoms with van der Waals surface area (Å²) in [4.78, 5) is 14.5. The normalized spacial score (nSPS) is 19.5. The molecule has 0 spiro atoms. The maximum absolute atomic E-state index is 12.4. The van der Waals surface area contributed by atoms with E-state index in [1.807, 2.05) is 20.8 Å². The predicted molar refractivity (Wildman–Crippen MR) is 89.1 cm³/mol. The van der Waals surface area contributed by atoms with Gasteiger partial charge in [-0.05, 0) is 57.7 Å². The summed E-state index contributed by atoms with van der Waals surface area (Å²) in [5, 5.41) is 0. The second kappa shape index (κ2) is 6.51. The fraction of sp³-hybridized carbons (Fsp3) is 0.588. The van der Waals surface area contributed by atoms with Gasteiger partial charge >= 0.3 is 6.09 Å². The number of carbonyl (C=O) groups is 1. The minimum atomic E-state index is -3.21. The molecule has 1 amide bonds. The molecule has 1 heterocycles. The number of carbonyl (C=O) groups excluding carboxylic acids is 1. The van der Waals surface area contributed by atoms with E-state index in [-0.39, 0.29) is 12.1 Å². The first-order valence-electron chi connectivity index (χ1n) is 7.87. The molecule has 0 saturated carbocycles. The molecule has 6 heteroatoms. The van der Waals surface area contributed by atoms with Crippen LogP contribution >= 0.6 is 0 Å². The number of ether oxygens (including phenoxy) is 1. The number of rotatable bonds is 2. The van der Waals surface area contributed by atoms with Crippen LogP contribution in [0.1, 0.15) is 51.6 Å². The highest BCUT2D eigenvalue weighted by molar-refractivity contribution is 7.90. The summed E-state index contributed by atoms with van der Waals surface area (Å²) in [5.41, 5.74) is 0.419. The van der Waals surface area contributed by atoms with Gasteiger partial charge in [0.2, 0.25) is 0 Å². The third-order valence-corrected chi connectivity index (χ3v) is 4.95. The molecule has 128 valence electrons. The molecule has 1 aliphatic rings. The molecule has 1 unspecified atom stereocenters. The Balaban J connectivity index is 2.23. The van der Waals surface area contributed by atoms with Crippen molar-refractivity contribution in [1.82, 2.24) is 4.90 Å². The van der Waals surface area contributed by atoms with Crippen LogP contribution in [0.25, 0.3) is 0 Å². The molecule has 2 rings (SSSR count). The Kier molecular flexibility index (Phi) is 5.04. The third-order valence-electron chi connectivity index (χ3n) is 3.82. The van der Waals surface area contributed by atoms with Crippen LogP contribution in [0.5, 0.6) is 0 Å². The Morgan fingerprint density at radius 3 is 2.30 bits per heavy atom. The van der Waals surface area contributed by atoms with Crippen molar-refractivity contribution in [3.63, 3.8) is 0 Å². The van der Waals surface area contributed by atoms with Crippen LogP contribution in [0.3, 0.4) is 0 Å². The molecule has 1 aliphatic heterocycles. The van der Waals surface area contributed by atoms with Gasteiger partial charge in [0, 0.05) is 12.8 Å². The van der Waals surface area contributed by atoms with Crippen molar-refractivity contribution in [2.75, 3.05) is 12.8 Å². The molecular formula is C17H25NO4S. The first kappa shape index (κ1) is 17.8. The second-order valence-electron chi connectivity index (χ2n) is 7.03. The number of amides is 1. The first-order chi connectivity index (χ1) is 10.6. The average molecular weight is 339 g/mol. The second-order valence-corrected chi connectivity index (χ2v) is 9.04. The van der Waals surface area contributed by atoms with Crippen molar-refractivity contribution in [2.45, 2.75) is 56.6 Å². The number of sulfone groups is 1.